The van der Waals surface area contributed by atoms with Gasteiger partial charge in [0.1, 0.15) is 11.3 Å². The number of carbonyl (C=O) groups excluding carboxylic acids is 1. The van der Waals surface area contributed by atoms with Gasteiger partial charge in [0.2, 0.25) is 0 Å². The van der Waals surface area contributed by atoms with Crippen molar-refractivity contribution in [2.75, 3.05) is 18.2 Å². The van der Waals surface area contributed by atoms with Crippen LogP contribution in [0.4, 0.5) is 10.8 Å². The summed E-state index contributed by atoms with van der Waals surface area (Å²) in [4.78, 5) is 20.3. The number of fused-ring (bicyclic) bond motifs is 1. The van der Waals surface area contributed by atoms with E-state index in [1.807, 2.05) is 0 Å². The highest BCUT2D eigenvalue weighted by Gasteiger charge is 2.13. The number of carbonyl (C=O) groups is 1. The molecule has 2 heterocycles. The average molecular weight is 300 g/mol. The quantitative estimate of drug-likeness (QED) is 0.725. The number of pyridine rings is 1. The molecule has 3 aromatic rings. The Hall–Kier alpha value is -2.67. The molecule has 0 saturated carbocycles. The minimum absolute atomic E-state index is 0.233. The predicted octanol–water partition coefficient (Wildman–Crippen LogP) is 2.53. The van der Waals surface area contributed by atoms with Crippen molar-refractivity contribution >= 4 is 38.3 Å². The summed E-state index contributed by atoms with van der Waals surface area (Å²) < 4.78 is 6.11. The van der Waals surface area contributed by atoms with Crippen LogP contribution in [0.2, 0.25) is 0 Å². The summed E-state index contributed by atoms with van der Waals surface area (Å²) in [6, 6.07) is 6.79. The number of rotatable bonds is 3. The third-order valence-corrected chi connectivity index (χ3v) is 3.78. The molecule has 0 atom stereocenters. The van der Waals surface area contributed by atoms with Gasteiger partial charge in [0.05, 0.1) is 11.8 Å². The number of nitrogens with one attached hydrogen (secondary N) is 1. The molecule has 1 amide bonds. The first-order valence-electron chi connectivity index (χ1n) is 6.13. The van der Waals surface area contributed by atoms with E-state index in [4.69, 9.17) is 10.5 Å². The molecule has 0 fully saturated rings. The average Bonchev–Trinajstić information content (AvgIpc) is 2.89. The van der Waals surface area contributed by atoms with Gasteiger partial charge in [-0.05, 0) is 18.2 Å². The molecule has 3 N–H and O–H groups in total. The summed E-state index contributed by atoms with van der Waals surface area (Å²) in [7, 11) is 1.56. The van der Waals surface area contributed by atoms with Crippen LogP contribution in [0.25, 0.3) is 10.2 Å². The summed E-state index contributed by atoms with van der Waals surface area (Å²) in [5.41, 5.74) is 7.61. The number of ether oxygens (including phenoxy) is 1. The molecule has 7 heteroatoms. The van der Waals surface area contributed by atoms with E-state index in [2.05, 4.69) is 15.3 Å². The van der Waals surface area contributed by atoms with E-state index in [1.54, 1.807) is 43.8 Å². The number of aromatic nitrogens is 2. The van der Waals surface area contributed by atoms with E-state index in [-0.39, 0.29) is 5.91 Å². The topological polar surface area (TPSA) is 90.1 Å². The number of nitrogens with two attached hydrogens (primary N) is 1. The molecule has 0 unspecified atom stereocenters. The van der Waals surface area contributed by atoms with E-state index >= 15 is 0 Å². The number of hydrogen-bond donors (Lipinski definition) is 2. The Morgan fingerprint density at radius 1 is 1.33 bits per heavy atom. The highest BCUT2D eigenvalue weighted by atomic mass is 32.1. The fourth-order valence-corrected chi connectivity index (χ4v) is 2.83. The maximum Gasteiger partial charge on any atom is 0.257 e. The number of benzene rings is 1. The second-order valence-corrected chi connectivity index (χ2v) is 5.31. The van der Waals surface area contributed by atoms with Gasteiger partial charge in [-0.3, -0.25) is 15.1 Å². The Labute approximate surface area is 124 Å². The van der Waals surface area contributed by atoms with E-state index in [9.17, 15) is 4.79 Å². The summed E-state index contributed by atoms with van der Waals surface area (Å²) in [5.74, 6) is 0.356. The lowest BCUT2D eigenvalue weighted by atomic mass is 10.2. The van der Waals surface area contributed by atoms with Crippen molar-refractivity contribution in [2.45, 2.75) is 0 Å². The number of hydrogen-bond acceptors (Lipinski definition) is 6. The van der Waals surface area contributed by atoms with E-state index in [0.29, 0.717) is 27.6 Å². The Morgan fingerprint density at radius 2 is 2.10 bits per heavy atom. The predicted molar refractivity (Wildman–Crippen MR) is 82.8 cm³/mol. The lowest BCUT2D eigenvalue weighted by molar-refractivity contribution is 0.102. The molecular formula is C14H12N4O2S. The Bertz CT molecular complexity index is 801. The normalized spacial score (nSPS) is 10.5. The van der Waals surface area contributed by atoms with Gasteiger partial charge in [0.15, 0.2) is 5.13 Å². The number of nitrogen functional groups attached to an aromatic ring is 1. The Morgan fingerprint density at radius 3 is 2.81 bits per heavy atom. The van der Waals surface area contributed by atoms with Crippen molar-refractivity contribution in [3.63, 3.8) is 0 Å². The molecule has 2 aromatic heterocycles. The fraction of sp³-hybridized carbons (Fsp3) is 0.0714. The summed E-state index contributed by atoms with van der Waals surface area (Å²) in [6.07, 6.45) is 3.13. The standard InChI is InChI=1S/C14H12N4O2S/c1-20-10-6-9(15)7-11-12(10)17-14(21-11)18-13(19)8-2-4-16-5-3-8/h2-7H,15H2,1H3,(H,17,18,19). The van der Waals surface area contributed by atoms with Crippen molar-refractivity contribution in [3.05, 3.63) is 42.2 Å². The maximum absolute atomic E-state index is 12.1. The van der Waals surface area contributed by atoms with E-state index in [1.165, 1.54) is 11.3 Å². The minimum Gasteiger partial charge on any atom is -0.494 e. The third-order valence-electron chi connectivity index (χ3n) is 2.87. The molecule has 0 saturated heterocycles. The van der Waals surface area contributed by atoms with Crippen LogP contribution in [0, 0.1) is 0 Å². The van der Waals surface area contributed by atoms with Gasteiger partial charge in [-0.1, -0.05) is 11.3 Å². The summed E-state index contributed by atoms with van der Waals surface area (Å²) >= 11 is 1.35. The van der Waals surface area contributed by atoms with Crippen LogP contribution in [0.1, 0.15) is 10.4 Å². The largest absolute Gasteiger partial charge is 0.494 e. The van der Waals surface area contributed by atoms with Crippen molar-refractivity contribution in [1.29, 1.82) is 0 Å². The maximum atomic E-state index is 12.1. The molecule has 0 bridgehead atoms. The lowest BCUT2D eigenvalue weighted by Crippen LogP contribution is -2.11. The van der Waals surface area contributed by atoms with Crippen LogP contribution in [0.15, 0.2) is 36.7 Å². The van der Waals surface area contributed by atoms with Crippen molar-refractivity contribution in [1.82, 2.24) is 9.97 Å². The molecule has 0 aliphatic heterocycles. The number of methoxy groups -OCH3 is 1. The van der Waals surface area contributed by atoms with E-state index in [0.717, 1.165) is 4.70 Å². The summed E-state index contributed by atoms with van der Waals surface area (Å²) in [6.45, 7) is 0. The van der Waals surface area contributed by atoms with Crippen LogP contribution in [-0.4, -0.2) is 23.0 Å². The zero-order valence-electron chi connectivity index (χ0n) is 11.2. The first-order valence-corrected chi connectivity index (χ1v) is 6.94. The lowest BCUT2D eigenvalue weighted by Gasteiger charge is -2.01. The second kappa shape index (κ2) is 5.37. The highest BCUT2D eigenvalue weighted by Crippen LogP contribution is 2.34. The molecule has 0 aliphatic rings. The number of amides is 1. The molecular weight excluding hydrogens is 288 g/mol. The molecule has 3 rings (SSSR count). The van der Waals surface area contributed by atoms with E-state index < -0.39 is 0 Å². The van der Waals surface area contributed by atoms with Gasteiger partial charge in [-0.25, -0.2) is 4.98 Å². The molecule has 0 spiro atoms. The summed E-state index contributed by atoms with van der Waals surface area (Å²) in [5, 5.41) is 3.26. The zero-order chi connectivity index (χ0) is 14.8. The van der Waals surface area contributed by atoms with Crippen LogP contribution in [0.5, 0.6) is 5.75 Å². The minimum atomic E-state index is -0.233. The van der Waals surface area contributed by atoms with Crippen LogP contribution in [-0.2, 0) is 0 Å². The molecule has 0 aliphatic carbocycles. The van der Waals surface area contributed by atoms with Gasteiger partial charge < -0.3 is 10.5 Å². The van der Waals surface area contributed by atoms with Crippen LogP contribution >= 0.6 is 11.3 Å². The third kappa shape index (κ3) is 2.63. The number of thiazole rings is 1. The monoisotopic (exact) mass is 300 g/mol. The van der Waals surface area contributed by atoms with Gasteiger partial charge in [0.25, 0.3) is 5.91 Å². The molecule has 0 radical (unpaired) electrons. The molecule has 106 valence electrons. The van der Waals surface area contributed by atoms with Crippen molar-refractivity contribution in [2.24, 2.45) is 0 Å². The SMILES string of the molecule is COc1cc(N)cc2sc(NC(=O)c3ccncc3)nc12. The van der Waals surface area contributed by atoms with Gasteiger partial charge in [-0.15, -0.1) is 0 Å². The first kappa shape index (κ1) is 13.3. The van der Waals surface area contributed by atoms with Gasteiger partial charge in [-0.2, -0.15) is 0 Å². The molecule has 1 aromatic carbocycles. The zero-order valence-corrected chi connectivity index (χ0v) is 12.0. The molecule has 6 nitrogen and oxygen atoms in total. The number of nitrogens with zero attached hydrogens (tertiary/aromatic N) is 2. The van der Waals surface area contributed by atoms with Gasteiger partial charge in [0, 0.05) is 29.7 Å². The molecule has 21 heavy (non-hydrogen) atoms. The highest BCUT2D eigenvalue weighted by molar-refractivity contribution is 7.22. The smallest absolute Gasteiger partial charge is 0.257 e. The van der Waals surface area contributed by atoms with Crippen LogP contribution < -0.4 is 15.8 Å². The Kier molecular flexibility index (Phi) is 3.41. The van der Waals surface area contributed by atoms with Gasteiger partial charge >= 0.3 is 0 Å². The Balaban J connectivity index is 1.93. The van der Waals surface area contributed by atoms with Crippen LogP contribution in [0.3, 0.4) is 0 Å². The second-order valence-electron chi connectivity index (χ2n) is 4.28. The first-order chi connectivity index (χ1) is 10.2. The van der Waals surface area contributed by atoms with Crippen molar-refractivity contribution < 1.29 is 9.53 Å². The van der Waals surface area contributed by atoms with Crippen molar-refractivity contribution in [3.8, 4) is 5.75 Å². The number of anilines is 2. The fourth-order valence-electron chi connectivity index (χ4n) is 1.90.